The molecule has 0 aromatic rings. The minimum atomic E-state index is -0.570. The Hall–Kier alpha value is -1.63. The maximum Gasteiger partial charge on any atom is 0.244 e. The topological polar surface area (TPSA) is 98.7 Å². The van der Waals surface area contributed by atoms with Crippen LogP contribution in [-0.4, -0.2) is 47.5 Å². The molecule has 7 nitrogen and oxygen atoms in total. The summed E-state index contributed by atoms with van der Waals surface area (Å²) in [7, 11) is 1.79. The van der Waals surface area contributed by atoms with E-state index in [0.29, 0.717) is 19.4 Å². The molecule has 0 aromatic heterocycles. The molecule has 1 heterocycles. The van der Waals surface area contributed by atoms with Gasteiger partial charge in [0.05, 0.1) is 0 Å². The molecule has 1 rings (SSSR count). The molecule has 3 amide bonds. The van der Waals surface area contributed by atoms with E-state index in [1.807, 2.05) is 6.92 Å². The first kappa shape index (κ1) is 22.4. The normalized spacial score (nSPS) is 23.9. The van der Waals surface area contributed by atoms with Gasteiger partial charge in [0.1, 0.15) is 6.04 Å². The highest BCUT2D eigenvalue weighted by Crippen LogP contribution is 2.18. The smallest absolute Gasteiger partial charge is 0.244 e. The summed E-state index contributed by atoms with van der Waals surface area (Å²) < 4.78 is 0. The molecule has 0 aliphatic carbocycles. The molecule has 0 aromatic carbocycles. The molecular formula is C19H35N3O4. The van der Waals surface area contributed by atoms with Crippen LogP contribution in [0.5, 0.6) is 0 Å². The summed E-state index contributed by atoms with van der Waals surface area (Å²) >= 11 is 0. The quantitative estimate of drug-likeness (QED) is 0.512. The number of nitrogens with one attached hydrogen (secondary N) is 2. The SMILES string of the molecule is CCCC[C@@H]1NC(=O)[C@@H](CC(=O)NO)CCCCCCCCN(C)C1=O. The first-order valence-corrected chi connectivity index (χ1v) is 9.97. The first-order valence-electron chi connectivity index (χ1n) is 9.97. The van der Waals surface area contributed by atoms with Crippen LogP contribution in [-0.2, 0) is 14.4 Å². The first-order chi connectivity index (χ1) is 12.5. The predicted octanol–water partition coefficient (Wildman–Crippen LogP) is 2.38. The number of carbonyl (C=O) groups is 3. The van der Waals surface area contributed by atoms with Gasteiger partial charge in [0.25, 0.3) is 0 Å². The molecule has 1 fully saturated rings. The number of rotatable bonds is 5. The number of likely N-dealkylation sites (N-methyl/N-ethyl adjacent to an activating group) is 1. The zero-order chi connectivity index (χ0) is 19.4. The van der Waals surface area contributed by atoms with E-state index in [-0.39, 0.29) is 18.2 Å². The fraction of sp³-hybridized carbons (Fsp3) is 0.842. The number of carbonyl (C=O) groups excluding carboxylic acids is 3. The Bertz CT molecular complexity index is 456. The van der Waals surface area contributed by atoms with Crippen LogP contribution in [0.3, 0.4) is 0 Å². The zero-order valence-electron chi connectivity index (χ0n) is 16.3. The third-order valence-corrected chi connectivity index (χ3v) is 5.06. The Morgan fingerprint density at radius 1 is 1.19 bits per heavy atom. The van der Waals surface area contributed by atoms with Crippen LogP contribution in [0, 0.1) is 5.92 Å². The van der Waals surface area contributed by atoms with Gasteiger partial charge in [-0.05, 0) is 19.3 Å². The number of nitrogens with zero attached hydrogens (tertiary/aromatic N) is 1. The van der Waals surface area contributed by atoms with Crippen LogP contribution >= 0.6 is 0 Å². The second-order valence-corrected chi connectivity index (χ2v) is 7.31. The third kappa shape index (κ3) is 8.17. The molecule has 26 heavy (non-hydrogen) atoms. The summed E-state index contributed by atoms with van der Waals surface area (Å²) in [6, 6.07) is -0.546. The molecule has 0 unspecified atom stereocenters. The zero-order valence-corrected chi connectivity index (χ0v) is 16.3. The van der Waals surface area contributed by atoms with Crippen molar-refractivity contribution >= 4 is 17.7 Å². The molecule has 7 heteroatoms. The molecule has 0 bridgehead atoms. The molecule has 1 aliphatic rings. The molecule has 1 aliphatic heterocycles. The van der Waals surface area contributed by atoms with Crippen LogP contribution in [0.15, 0.2) is 0 Å². The molecule has 150 valence electrons. The minimum absolute atomic E-state index is 0.0609. The van der Waals surface area contributed by atoms with E-state index >= 15 is 0 Å². The Kier molecular flexibility index (Phi) is 10.9. The number of hydrogen-bond acceptors (Lipinski definition) is 4. The molecule has 1 saturated heterocycles. The Morgan fingerprint density at radius 3 is 2.50 bits per heavy atom. The van der Waals surface area contributed by atoms with E-state index in [4.69, 9.17) is 5.21 Å². The summed E-state index contributed by atoms with van der Waals surface area (Å²) in [6.45, 7) is 2.75. The van der Waals surface area contributed by atoms with Crippen LogP contribution in [0.1, 0.15) is 77.6 Å². The highest BCUT2D eigenvalue weighted by atomic mass is 16.5. The van der Waals surface area contributed by atoms with Gasteiger partial charge in [-0.3, -0.25) is 19.6 Å². The predicted molar refractivity (Wildman–Crippen MR) is 99.4 cm³/mol. The van der Waals surface area contributed by atoms with E-state index in [2.05, 4.69) is 5.32 Å². The lowest BCUT2D eigenvalue weighted by molar-refractivity contribution is -0.138. The molecule has 3 N–H and O–H groups in total. The summed E-state index contributed by atoms with van der Waals surface area (Å²) in [5.74, 6) is -1.42. The lowest BCUT2D eigenvalue weighted by Gasteiger charge is -2.27. The molecule has 0 saturated carbocycles. The van der Waals surface area contributed by atoms with Gasteiger partial charge in [-0.25, -0.2) is 5.48 Å². The monoisotopic (exact) mass is 369 g/mol. The largest absolute Gasteiger partial charge is 0.344 e. The van der Waals surface area contributed by atoms with Gasteiger partial charge in [0.2, 0.25) is 17.7 Å². The summed E-state index contributed by atoms with van der Waals surface area (Å²) in [6.07, 6.45) is 9.11. The van der Waals surface area contributed by atoms with Gasteiger partial charge in [-0.1, -0.05) is 51.9 Å². The highest BCUT2D eigenvalue weighted by molar-refractivity contribution is 5.90. The van der Waals surface area contributed by atoms with Gasteiger partial charge < -0.3 is 10.2 Å². The Balaban J connectivity index is 2.88. The van der Waals surface area contributed by atoms with Crippen LogP contribution in [0.2, 0.25) is 0 Å². The van der Waals surface area contributed by atoms with E-state index in [1.54, 1.807) is 17.4 Å². The standard InChI is InChI=1S/C19H35N3O4/c1-3-4-12-16-19(25)22(2)13-10-8-6-5-7-9-11-15(18(24)20-16)14-17(23)21-26/h15-16,26H,3-14H2,1-2H3,(H,20,24)(H,21,23)/t15-,16+/m1/s1. The van der Waals surface area contributed by atoms with E-state index < -0.39 is 17.9 Å². The van der Waals surface area contributed by atoms with Crippen molar-refractivity contribution in [3.05, 3.63) is 0 Å². The summed E-state index contributed by atoms with van der Waals surface area (Å²) in [5.41, 5.74) is 1.60. The van der Waals surface area contributed by atoms with Crippen molar-refractivity contribution < 1.29 is 19.6 Å². The summed E-state index contributed by atoms with van der Waals surface area (Å²) in [5, 5.41) is 11.7. The fourth-order valence-electron chi connectivity index (χ4n) is 3.37. The van der Waals surface area contributed by atoms with Gasteiger partial charge in [0, 0.05) is 25.9 Å². The van der Waals surface area contributed by atoms with Crippen LogP contribution in [0.25, 0.3) is 0 Å². The molecule has 0 radical (unpaired) electrons. The van der Waals surface area contributed by atoms with E-state index in [9.17, 15) is 14.4 Å². The van der Waals surface area contributed by atoms with Gasteiger partial charge >= 0.3 is 0 Å². The fourth-order valence-corrected chi connectivity index (χ4v) is 3.37. The average molecular weight is 370 g/mol. The van der Waals surface area contributed by atoms with Crippen molar-refractivity contribution in [1.82, 2.24) is 15.7 Å². The molecule has 0 spiro atoms. The Morgan fingerprint density at radius 2 is 1.85 bits per heavy atom. The van der Waals surface area contributed by atoms with Crippen molar-refractivity contribution in [2.75, 3.05) is 13.6 Å². The van der Waals surface area contributed by atoms with Gasteiger partial charge in [-0.2, -0.15) is 0 Å². The second-order valence-electron chi connectivity index (χ2n) is 7.31. The lowest BCUT2D eigenvalue weighted by Crippen LogP contribution is -2.49. The van der Waals surface area contributed by atoms with Crippen molar-refractivity contribution in [1.29, 1.82) is 0 Å². The highest BCUT2D eigenvalue weighted by Gasteiger charge is 2.28. The summed E-state index contributed by atoms with van der Waals surface area (Å²) in [4.78, 5) is 38.7. The van der Waals surface area contributed by atoms with E-state index in [0.717, 1.165) is 51.4 Å². The number of unbranched alkanes of at least 4 members (excludes halogenated alkanes) is 1. The van der Waals surface area contributed by atoms with Crippen LogP contribution < -0.4 is 10.8 Å². The van der Waals surface area contributed by atoms with Crippen molar-refractivity contribution in [2.45, 2.75) is 83.6 Å². The van der Waals surface area contributed by atoms with Crippen molar-refractivity contribution in [2.24, 2.45) is 5.92 Å². The maximum atomic E-state index is 12.7. The lowest BCUT2D eigenvalue weighted by atomic mass is 9.94. The second kappa shape index (κ2) is 12.7. The van der Waals surface area contributed by atoms with E-state index in [1.165, 1.54) is 0 Å². The average Bonchev–Trinajstić information content (AvgIpc) is 2.64. The van der Waals surface area contributed by atoms with Crippen molar-refractivity contribution in [3.8, 4) is 0 Å². The third-order valence-electron chi connectivity index (χ3n) is 5.06. The number of hydrogen-bond donors (Lipinski definition) is 3. The molecular weight excluding hydrogens is 334 g/mol. The van der Waals surface area contributed by atoms with Crippen LogP contribution in [0.4, 0.5) is 0 Å². The number of hydroxylamine groups is 1. The Labute approximate surface area is 156 Å². The van der Waals surface area contributed by atoms with Crippen molar-refractivity contribution in [3.63, 3.8) is 0 Å². The molecule has 2 atom stereocenters. The van der Waals surface area contributed by atoms with Gasteiger partial charge in [-0.15, -0.1) is 0 Å². The number of amides is 3. The maximum absolute atomic E-state index is 12.7. The minimum Gasteiger partial charge on any atom is -0.344 e. The van der Waals surface area contributed by atoms with Gasteiger partial charge in [0.15, 0.2) is 0 Å².